The molecule has 4 heterocycles. The highest BCUT2D eigenvalue weighted by molar-refractivity contribution is 5.94. The monoisotopic (exact) mass is 388 g/mol. The number of nitrogens with one attached hydrogen (secondary N) is 3. The standard InChI is InChI=1S/C22H21FN6/c23-19-4-2-1-3-17(19)22-18-10-20(26-13-21(18)28-29-22)14-9-16(12-25-11-14)27-15-5-7-24-8-6-15/h1-4,9-13,15,24,27H,5-8H2,(H,28,29). The Morgan fingerprint density at radius 2 is 1.90 bits per heavy atom. The number of H-pyrrole nitrogens is 1. The van der Waals surface area contributed by atoms with Gasteiger partial charge in [-0.3, -0.25) is 15.1 Å². The first kappa shape index (κ1) is 17.8. The molecule has 0 atom stereocenters. The molecule has 7 heteroatoms. The number of anilines is 1. The van der Waals surface area contributed by atoms with Gasteiger partial charge in [0.05, 0.1) is 23.1 Å². The molecule has 1 saturated heterocycles. The molecule has 0 aliphatic carbocycles. The van der Waals surface area contributed by atoms with Crippen molar-refractivity contribution in [2.24, 2.45) is 0 Å². The maximum absolute atomic E-state index is 14.3. The normalized spacial score (nSPS) is 14.9. The molecule has 5 rings (SSSR count). The molecule has 0 bridgehead atoms. The average Bonchev–Trinajstić information content (AvgIpc) is 3.18. The number of nitrogens with zero attached hydrogens (tertiary/aromatic N) is 3. The lowest BCUT2D eigenvalue weighted by Crippen LogP contribution is -2.35. The molecular weight excluding hydrogens is 367 g/mol. The fourth-order valence-electron chi connectivity index (χ4n) is 3.79. The van der Waals surface area contributed by atoms with E-state index in [4.69, 9.17) is 0 Å². The molecule has 0 radical (unpaired) electrons. The third-order valence-corrected chi connectivity index (χ3v) is 5.32. The van der Waals surface area contributed by atoms with E-state index in [1.807, 2.05) is 12.3 Å². The molecule has 1 aromatic carbocycles. The summed E-state index contributed by atoms with van der Waals surface area (Å²) in [5.41, 5.74) is 4.49. The highest BCUT2D eigenvalue weighted by Crippen LogP contribution is 2.31. The van der Waals surface area contributed by atoms with E-state index >= 15 is 0 Å². The summed E-state index contributed by atoms with van der Waals surface area (Å²) in [4.78, 5) is 8.94. The predicted molar refractivity (Wildman–Crippen MR) is 112 cm³/mol. The number of pyridine rings is 2. The van der Waals surface area contributed by atoms with Crippen LogP contribution in [0.5, 0.6) is 0 Å². The van der Waals surface area contributed by atoms with Crippen LogP contribution < -0.4 is 10.6 Å². The van der Waals surface area contributed by atoms with Gasteiger partial charge in [0.15, 0.2) is 0 Å². The molecule has 3 aromatic heterocycles. The van der Waals surface area contributed by atoms with Gasteiger partial charge >= 0.3 is 0 Å². The summed E-state index contributed by atoms with van der Waals surface area (Å²) in [7, 11) is 0. The van der Waals surface area contributed by atoms with Gasteiger partial charge in [0.2, 0.25) is 0 Å². The fraction of sp³-hybridized carbons (Fsp3) is 0.227. The number of rotatable bonds is 4. The SMILES string of the molecule is Fc1ccccc1-c1n[nH]c2cnc(-c3cncc(NC4CCNCC4)c3)cc12. The molecule has 3 N–H and O–H groups in total. The van der Waals surface area contributed by atoms with E-state index in [-0.39, 0.29) is 5.82 Å². The summed E-state index contributed by atoms with van der Waals surface area (Å²) < 4.78 is 14.3. The van der Waals surface area contributed by atoms with Crippen LogP contribution in [0.4, 0.5) is 10.1 Å². The second kappa shape index (κ2) is 7.60. The van der Waals surface area contributed by atoms with Crippen LogP contribution in [0.2, 0.25) is 0 Å². The van der Waals surface area contributed by atoms with Crippen LogP contribution in [0.25, 0.3) is 33.4 Å². The maximum Gasteiger partial charge on any atom is 0.132 e. The first-order chi connectivity index (χ1) is 14.3. The maximum atomic E-state index is 14.3. The number of aromatic amines is 1. The molecular formula is C22H21FN6. The average molecular weight is 388 g/mol. The number of piperidine rings is 1. The van der Waals surface area contributed by atoms with Crippen molar-refractivity contribution < 1.29 is 4.39 Å². The summed E-state index contributed by atoms with van der Waals surface area (Å²) in [5.74, 6) is -0.297. The number of benzene rings is 1. The van der Waals surface area contributed by atoms with E-state index in [0.29, 0.717) is 17.3 Å². The summed E-state index contributed by atoms with van der Waals surface area (Å²) in [5, 5.41) is 15.0. The Bertz CT molecular complexity index is 1150. The number of hydrogen-bond donors (Lipinski definition) is 3. The third-order valence-electron chi connectivity index (χ3n) is 5.32. The van der Waals surface area contributed by atoms with Gasteiger partial charge in [-0.2, -0.15) is 5.10 Å². The summed E-state index contributed by atoms with van der Waals surface area (Å²) in [6.07, 6.45) is 7.55. The number of aromatic nitrogens is 4. The van der Waals surface area contributed by atoms with Gasteiger partial charge in [-0.25, -0.2) is 4.39 Å². The minimum Gasteiger partial charge on any atom is -0.381 e. The Labute approximate surface area is 167 Å². The summed E-state index contributed by atoms with van der Waals surface area (Å²) in [6, 6.07) is 11.1. The lowest BCUT2D eigenvalue weighted by atomic mass is 10.1. The first-order valence-electron chi connectivity index (χ1n) is 9.79. The van der Waals surface area contributed by atoms with Gasteiger partial charge in [-0.1, -0.05) is 12.1 Å². The zero-order chi connectivity index (χ0) is 19.6. The fourth-order valence-corrected chi connectivity index (χ4v) is 3.79. The van der Waals surface area contributed by atoms with Crippen molar-refractivity contribution in [3.63, 3.8) is 0 Å². The van der Waals surface area contributed by atoms with E-state index < -0.39 is 0 Å². The van der Waals surface area contributed by atoms with Crippen LogP contribution in [0.15, 0.2) is 55.0 Å². The Balaban J connectivity index is 1.50. The van der Waals surface area contributed by atoms with Crippen molar-refractivity contribution in [3.8, 4) is 22.5 Å². The number of halogens is 1. The molecule has 1 aliphatic heterocycles. The summed E-state index contributed by atoms with van der Waals surface area (Å²) in [6.45, 7) is 2.06. The van der Waals surface area contributed by atoms with Crippen LogP contribution in [0, 0.1) is 5.82 Å². The Hall–Kier alpha value is -3.32. The number of hydrogen-bond acceptors (Lipinski definition) is 5. The Morgan fingerprint density at radius 3 is 2.76 bits per heavy atom. The molecule has 0 saturated carbocycles. The van der Waals surface area contributed by atoms with E-state index in [2.05, 4.69) is 36.9 Å². The Kier molecular flexibility index (Phi) is 4.65. The quantitative estimate of drug-likeness (QED) is 0.493. The topological polar surface area (TPSA) is 78.5 Å². The number of fused-ring (bicyclic) bond motifs is 1. The molecule has 1 fully saturated rings. The molecule has 0 unspecified atom stereocenters. The largest absolute Gasteiger partial charge is 0.381 e. The van der Waals surface area contributed by atoms with Gasteiger partial charge in [0, 0.05) is 34.9 Å². The highest BCUT2D eigenvalue weighted by Gasteiger charge is 2.15. The van der Waals surface area contributed by atoms with Crippen molar-refractivity contribution in [2.75, 3.05) is 18.4 Å². The Morgan fingerprint density at radius 1 is 1.03 bits per heavy atom. The lowest BCUT2D eigenvalue weighted by Gasteiger charge is -2.24. The van der Waals surface area contributed by atoms with Crippen molar-refractivity contribution in [2.45, 2.75) is 18.9 Å². The minimum atomic E-state index is -0.297. The minimum absolute atomic E-state index is 0.297. The zero-order valence-corrected chi connectivity index (χ0v) is 15.8. The second-order valence-electron chi connectivity index (χ2n) is 7.30. The third kappa shape index (κ3) is 3.56. The van der Waals surface area contributed by atoms with E-state index in [1.54, 1.807) is 30.6 Å². The summed E-state index contributed by atoms with van der Waals surface area (Å²) >= 11 is 0. The van der Waals surface area contributed by atoms with Gasteiger partial charge in [0.25, 0.3) is 0 Å². The molecule has 0 amide bonds. The van der Waals surface area contributed by atoms with Crippen LogP contribution >= 0.6 is 0 Å². The zero-order valence-electron chi connectivity index (χ0n) is 15.8. The van der Waals surface area contributed by atoms with E-state index in [0.717, 1.165) is 53.8 Å². The van der Waals surface area contributed by atoms with Crippen LogP contribution in [0.3, 0.4) is 0 Å². The van der Waals surface area contributed by atoms with E-state index in [9.17, 15) is 4.39 Å². The van der Waals surface area contributed by atoms with Gasteiger partial charge in [0.1, 0.15) is 11.5 Å². The van der Waals surface area contributed by atoms with Crippen molar-refractivity contribution in [1.82, 2.24) is 25.5 Å². The van der Waals surface area contributed by atoms with Gasteiger partial charge < -0.3 is 10.6 Å². The predicted octanol–water partition coefficient (Wildman–Crippen LogP) is 3.99. The van der Waals surface area contributed by atoms with Crippen LogP contribution in [0.1, 0.15) is 12.8 Å². The van der Waals surface area contributed by atoms with Gasteiger partial charge in [-0.15, -0.1) is 0 Å². The molecule has 146 valence electrons. The highest BCUT2D eigenvalue weighted by atomic mass is 19.1. The smallest absolute Gasteiger partial charge is 0.132 e. The molecule has 4 aromatic rings. The lowest BCUT2D eigenvalue weighted by molar-refractivity contribution is 0.479. The van der Waals surface area contributed by atoms with Crippen molar-refractivity contribution in [1.29, 1.82) is 0 Å². The van der Waals surface area contributed by atoms with Crippen LogP contribution in [-0.2, 0) is 0 Å². The van der Waals surface area contributed by atoms with Gasteiger partial charge in [-0.05, 0) is 50.2 Å². The van der Waals surface area contributed by atoms with E-state index in [1.165, 1.54) is 6.07 Å². The second-order valence-corrected chi connectivity index (χ2v) is 7.30. The first-order valence-corrected chi connectivity index (χ1v) is 9.79. The van der Waals surface area contributed by atoms with Crippen LogP contribution in [-0.4, -0.2) is 39.3 Å². The molecule has 29 heavy (non-hydrogen) atoms. The molecule has 6 nitrogen and oxygen atoms in total. The molecule has 0 spiro atoms. The molecule has 1 aliphatic rings. The van der Waals surface area contributed by atoms with Crippen molar-refractivity contribution in [3.05, 3.63) is 60.8 Å². The van der Waals surface area contributed by atoms with Crippen molar-refractivity contribution >= 4 is 16.6 Å².